The fourth-order valence-electron chi connectivity index (χ4n) is 1.04. The maximum atomic E-state index is 10.5. The molecule has 8 heteroatoms. The molecule has 0 fully saturated rings. The van der Waals surface area contributed by atoms with Crippen molar-refractivity contribution < 1.29 is 15.1 Å². The molecule has 2 atom stereocenters. The van der Waals surface area contributed by atoms with Crippen LogP contribution in [0.3, 0.4) is 0 Å². The molecule has 84 valence electrons. The number of hydrogen-bond acceptors (Lipinski definition) is 5. The Bertz CT molecular complexity index is 343. The van der Waals surface area contributed by atoms with Crippen LogP contribution in [0.15, 0.2) is 12.4 Å². The number of alkyl halides is 1. The lowest BCUT2D eigenvalue weighted by molar-refractivity contribution is -0.397. The number of nitro groups is 1. The largest absolute Gasteiger partial charge is 0.434 e. The Morgan fingerprint density at radius 3 is 2.80 bits per heavy atom. The van der Waals surface area contributed by atoms with E-state index in [1.54, 1.807) is 0 Å². The lowest BCUT2D eigenvalue weighted by atomic mass is 10.2. The van der Waals surface area contributed by atoms with Crippen molar-refractivity contribution in [3.05, 3.63) is 22.5 Å². The first-order valence-electron chi connectivity index (χ1n) is 4.14. The molecule has 0 aliphatic heterocycles. The van der Waals surface area contributed by atoms with Crippen molar-refractivity contribution in [2.24, 2.45) is 0 Å². The monoisotopic (exact) mass is 331 g/mol. The SMILES string of the molecule is O=[N+]([O-])c1nccn1CC(O)C(O)C[131I]. The molecule has 0 bridgehead atoms. The third kappa shape index (κ3) is 3.11. The van der Waals surface area contributed by atoms with Gasteiger partial charge < -0.3 is 20.3 Å². The molecule has 0 spiro atoms. The summed E-state index contributed by atoms with van der Waals surface area (Å²) in [5.41, 5.74) is 0. The topological polar surface area (TPSA) is 101 Å². The van der Waals surface area contributed by atoms with Crippen molar-refractivity contribution in [1.29, 1.82) is 0 Å². The van der Waals surface area contributed by atoms with Crippen LogP contribution in [0, 0.1) is 10.1 Å². The summed E-state index contributed by atoms with van der Waals surface area (Å²) in [5.74, 6) is -0.338. The van der Waals surface area contributed by atoms with E-state index in [9.17, 15) is 20.3 Å². The summed E-state index contributed by atoms with van der Waals surface area (Å²) in [4.78, 5) is 13.4. The van der Waals surface area contributed by atoms with Crippen molar-refractivity contribution in [2.75, 3.05) is 4.43 Å². The third-order valence-electron chi connectivity index (χ3n) is 1.84. The van der Waals surface area contributed by atoms with E-state index in [2.05, 4.69) is 4.98 Å². The predicted octanol–water partition coefficient (Wildman–Crippen LogP) is -0.0519. The highest BCUT2D eigenvalue weighted by Gasteiger charge is 2.21. The number of aromatic nitrogens is 2. The van der Waals surface area contributed by atoms with Crippen molar-refractivity contribution in [1.82, 2.24) is 9.55 Å². The second kappa shape index (κ2) is 5.37. The van der Waals surface area contributed by atoms with E-state index in [0.717, 1.165) is 0 Å². The first kappa shape index (κ1) is 12.3. The minimum Gasteiger partial charge on any atom is -0.390 e. The lowest BCUT2D eigenvalue weighted by Crippen LogP contribution is -2.31. The molecule has 0 aliphatic carbocycles. The summed E-state index contributed by atoms with van der Waals surface area (Å²) >= 11 is 1.92. The molecule has 1 rings (SSSR count). The molecule has 2 unspecified atom stereocenters. The number of imidazole rings is 1. The van der Waals surface area contributed by atoms with E-state index in [1.165, 1.54) is 17.0 Å². The molecule has 2 N–H and O–H groups in total. The molecule has 15 heavy (non-hydrogen) atoms. The molecule has 0 saturated carbocycles. The highest BCUT2D eigenvalue weighted by Crippen LogP contribution is 2.10. The van der Waals surface area contributed by atoms with Gasteiger partial charge in [0.25, 0.3) is 0 Å². The average Bonchev–Trinajstić information content (AvgIpc) is 2.64. The first-order chi connectivity index (χ1) is 7.06. The third-order valence-corrected chi connectivity index (χ3v) is 2.75. The molecule has 0 radical (unpaired) electrons. The number of aliphatic hydroxyl groups excluding tert-OH is 2. The van der Waals surface area contributed by atoms with E-state index < -0.39 is 17.1 Å². The lowest BCUT2D eigenvalue weighted by Gasteiger charge is -2.14. The highest BCUT2D eigenvalue weighted by atomic mass is 131. The van der Waals surface area contributed by atoms with Gasteiger partial charge in [-0.25, -0.2) is 4.57 Å². The van der Waals surface area contributed by atoms with E-state index in [4.69, 9.17) is 0 Å². The molecule has 1 aromatic heterocycles. The van der Waals surface area contributed by atoms with Crippen LogP contribution in [0.1, 0.15) is 0 Å². The Hall–Kier alpha value is -0.740. The van der Waals surface area contributed by atoms with Gasteiger partial charge in [0, 0.05) is 4.43 Å². The van der Waals surface area contributed by atoms with E-state index in [0.29, 0.717) is 4.43 Å². The number of rotatable bonds is 5. The summed E-state index contributed by atoms with van der Waals surface area (Å²) in [6, 6.07) is 0. The highest BCUT2D eigenvalue weighted by molar-refractivity contribution is 14.1. The summed E-state index contributed by atoms with van der Waals surface area (Å²) < 4.78 is 1.56. The molecule has 1 heterocycles. The van der Waals surface area contributed by atoms with Crippen LogP contribution in [-0.4, -0.2) is 41.3 Å². The molecular weight excluding hydrogens is 321 g/mol. The van der Waals surface area contributed by atoms with Crippen molar-refractivity contribution in [2.45, 2.75) is 18.8 Å². The minimum absolute atomic E-state index is 0.0412. The zero-order valence-corrected chi connectivity index (χ0v) is 9.81. The van der Waals surface area contributed by atoms with E-state index in [-0.39, 0.29) is 12.5 Å². The number of hydrogen-bond donors (Lipinski definition) is 2. The Labute approximate surface area is 99.0 Å². The van der Waals surface area contributed by atoms with Gasteiger partial charge in [0.15, 0.2) is 0 Å². The first-order valence-corrected chi connectivity index (χ1v) is 5.66. The molecule has 0 aromatic carbocycles. The number of halogens is 1. The van der Waals surface area contributed by atoms with Gasteiger partial charge >= 0.3 is 5.95 Å². The van der Waals surface area contributed by atoms with Gasteiger partial charge in [-0.1, -0.05) is 27.6 Å². The second-order valence-corrected chi connectivity index (χ2v) is 3.81. The van der Waals surface area contributed by atoms with Gasteiger partial charge in [0.05, 0.1) is 6.10 Å². The van der Waals surface area contributed by atoms with Gasteiger partial charge in [-0.3, -0.25) is 0 Å². The zero-order chi connectivity index (χ0) is 11.4. The maximum Gasteiger partial charge on any atom is 0.434 e. The van der Waals surface area contributed by atoms with E-state index in [1.807, 2.05) is 22.6 Å². The Balaban J connectivity index is 2.72. The van der Waals surface area contributed by atoms with E-state index >= 15 is 0 Å². The van der Waals surface area contributed by atoms with Crippen LogP contribution in [0.5, 0.6) is 0 Å². The summed E-state index contributed by atoms with van der Waals surface area (Å²) in [6.45, 7) is -0.0412. The van der Waals surface area contributed by atoms with Crippen molar-refractivity contribution in [3.8, 4) is 0 Å². The standard InChI is InChI=1S/C7H10IN3O4/c8-3-5(12)6(13)4-10-2-1-9-7(10)11(14)15/h1-2,5-6,12-13H,3-4H2/i8+4. The van der Waals surface area contributed by atoms with Crippen LogP contribution >= 0.6 is 22.6 Å². The number of nitrogens with zero attached hydrogens (tertiary/aromatic N) is 3. The van der Waals surface area contributed by atoms with Gasteiger partial charge in [-0.05, 0) is 4.92 Å². The van der Waals surface area contributed by atoms with Gasteiger partial charge in [0.1, 0.15) is 25.0 Å². The van der Waals surface area contributed by atoms with Gasteiger partial charge in [-0.2, -0.15) is 0 Å². The summed E-state index contributed by atoms with van der Waals surface area (Å²) in [6.07, 6.45) is 0.741. The second-order valence-electron chi connectivity index (χ2n) is 2.93. The van der Waals surface area contributed by atoms with Crippen molar-refractivity contribution >= 4 is 28.5 Å². The van der Waals surface area contributed by atoms with Gasteiger partial charge in [-0.15, -0.1) is 0 Å². The predicted molar refractivity (Wildman–Crippen MR) is 59.8 cm³/mol. The van der Waals surface area contributed by atoms with Crippen LogP contribution in [0.4, 0.5) is 5.95 Å². The van der Waals surface area contributed by atoms with Crippen LogP contribution in [0.2, 0.25) is 0 Å². The number of aliphatic hydroxyl groups is 2. The van der Waals surface area contributed by atoms with Gasteiger partial charge in [0.2, 0.25) is 0 Å². The molecule has 0 aliphatic rings. The molecule has 7 nitrogen and oxygen atoms in total. The zero-order valence-electron chi connectivity index (χ0n) is 7.65. The summed E-state index contributed by atoms with van der Waals surface area (Å²) in [5, 5.41) is 29.2. The van der Waals surface area contributed by atoms with Crippen molar-refractivity contribution in [3.63, 3.8) is 0 Å². The fourth-order valence-corrected chi connectivity index (χ4v) is 1.63. The molecule has 0 amide bonds. The average molecular weight is 331 g/mol. The fraction of sp³-hybridized carbons (Fsp3) is 0.571. The van der Waals surface area contributed by atoms with Crippen LogP contribution in [0.25, 0.3) is 0 Å². The maximum absolute atomic E-state index is 10.5. The summed E-state index contributed by atoms with van der Waals surface area (Å²) in [7, 11) is 0. The van der Waals surface area contributed by atoms with Crippen LogP contribution < -0.4 is 0 Å². The Kier molecular flexibility index (Phi) is 4.42. The molecular formula is C7H10IN3O4. The minimum atomic E-state index is -1.03. The quantitative estimate of drug-likeness (QED) is 0.341. The van der Waals surface area contributed by atoms with Crippen LogP contribution in [-0.2, 0) is 6.54 Å². The Morgan fingerprint density at radius 2 is 2.27 bits per heavy atom. The normalized spacial score (nSPS) is 14.9. The molecule has 0 saturated heterocycles. The smallest absolute Gasteiger partial charge is 0.390 e. The Morgan fingerprint density at radius 1 is 1.60 bits per heavy atom. The molecule has 1 aromatic rings.